The summed E-state index contributed by atoms with van der Waals surface area (Å²) in [4.78, 5) is 2.49. The van der Waals surface area contributed by atoms with Gasteiger partial charge in [-0.1, -0.05) is 33.3 Å². The molecule has 0 aliphatic carbocycles. The van der Waals surface area contributed by atoms with Crippen molar-refractivity contribution in [3.8, 4) is 0 Å². The van der Waals surface area contributed by atoms with E-state index in [4.69, 9.17) is 4.74 Å². The molecule has 1 unspecified atom stereocenters. The molecule has 1 atom stereocenters. The number of nitrogens with one attached hydrogen (secondary N) is 2. The zero-order valence-corrected chi connectivity index (χ0v) is 13.4. The maximum absolute atomic E-state index is 5.65. The van der Waals surface area contributed by atoms with Crippen LogP contribution in [0.15, 0.2) is 12.4 Å². The van der Waals surface area contributed by atoms with Gasteiger partial charge in [0.15, 0.2) is 0 Å². The van der Waals surface area contributed by atoms with Gasteiger partial charge in [0.1, 0.15) is 0 Å². The fourth-order valence-corrected chi connectivity index (χ4v) is 2.48. The molecule has 4 nitrogen and oxygen atoms in total. The molecule has 0 amide bonds. The molecule has 1 fully saturated rings. The van der Waals surface area contributed by atoms with Gasteiger partial charge >= 0.3 is 0 Å². The van der Waals surface area contributed by atoms with Crippen molar-refractivity contribution >= 4 is 0 Å². The summed E-state index contributed by atoms with van der Waals surface area (Å²) in [6, 6.07) is 0. The normalized spacial score (nSPS) is 19.2. The lowest BCUT2D eigenvalue weighted by atomic mass is 10.2. The van der Waals surface area contributed by atoms with E-state index in [2.05, 4.69) is 36.0 Å². The molecule has 1 heterocycles. The Morgan fingerprint density at radius 1 is 1.25 bits per heavy atom. The predicted octanol–water partition coefficient (Wildman–Crippen LogP) is 2.19. The van der Waals surface area contributed by atoms with Crippen LogP contribution in [0, 0.1) is 5.92 Å². The van der Waals surface area contributed by atoms with Crippen LogP contribution in [0.4, 0.5) is 0 Å². The number of hydrogen-bond acceptors (Lipinski definition) is 4. The first kappa shape index (κ1) is 17.3. The van der Waals surface area contributed by atoms with Gasteiger partial charge in [0, 0.05) is 26.2 Å². The van der Waals surface area contributed by atoms with Crippen LogP contribution < -0.4 is 10.6 Å². The monoisotopic (exact) mass is 283 g/mol. The van der Waals surface area contributed by atoms with E-state index in [1.807, 2.05) is 0 Å². The lowest BCUT2D eigenvalue weighted by molar-refractivity contribution is 0.113. The molecule has 118 valence electrons. The molecular weight excluding hydrogens is 250 g/mol. The van der Waals surface area contributed by atoms with Gasteiger partial charge in [0.05, 0.1) is 19.0 Å². The molecule has 0 bridgehead atoms. The minimum absolute atomic E-state index is 0.749. The molecule has 20 heavy (non-hydrogen) atoms. The first-order chi connectivity index (χ1) is 9.72. The van der Waals surface area contributed by atoms with Gasteiger partial charge in [0.25, 0.3) is 0 Å². The summed E-state index contributed by atoms with van der Waals surface area (Å²) >= 11 is 0. The van der Waals surface area contributed by atoms with E-state index in [0.717, 1.165) is 44.6 Å². The second-order valence-corrected chi connectivity index (χ2v) is 5.85. The van der Waals surface area contributed by atoms with Gasteiger partial charge in [-0.25, -0.2) is 0 Å². The molecule has 4 heteroatoms. The summed E-state index contributed by atoms with van der Waals surface area (Å²) in [5.74, 6) is 1.77. The van der Waals surface area contributed by atoms with E-state index in [1.54, 1.807) is 0 Å². The molecular formula is C16H33N3O. The van der Waals surface area contributed by atoms with E-state index in [-0.39, 0.29) is 0 Å². The summed E-state index contributed by atoms with van der Waals surface area (Å²) < 4.78 is 5.65. The van der Waals surface area contributed by atoms with Crippen LogP contribution >= 0.6 is 0 Å². The largest absolute Gasteiger partial charge is 0.378 e. The van der Waals surface area contributed by atoms with Crippen LogP contribution in [0.5, 0.6) is 0 Å². The summed E-state index contributed by atoms with van der Waals surface area (Å²) in [5, 5.41) is 6.54. The van der Waals surface area contributed by atoms with E-state index < -0.39 is 0 Å². The quantitative estimate of drug-likeness (QED) is 0.538. The van der Waals surface area contributed by atoms with Crippen molar-refractivity contribution in [2.75, 3.05) is 45.9 Å². The molecule has 0 aromatic heterocycles. The highest BCUT2D eigenvalue weighted by Gasteiger charge is 2.17. The van der Waals surface area contributed by atoms with E-state index in [1.165, 1.54) is 38.8 Å². The van der Waals surface area contributed by atoms with Crippen molar-refractivity contribution in [1.82, 2.24) is 15.5 Å². The third kappa shape index (κ3) is 8.43. The van der Waals surface area contributed by atoms with Crippen molar-refractivity contribution in [2.45, 2.75) is 39.5 Å². The summed E-state index contributed by atoms with van der Waals surface area (Å²) in [7, 11) is 0. The molecule has 0 aromatic rings. The van der Waals surface area contributed by atoms with Gasteiger partial charge in [0.2, 0.25) is 0 Å². The minimum Gasteiger partial charge on any atom is -0.378 e. The van der Waals surface area contributed by atoms with Crippen molar-refractivity contribution < 1.29 is 4.74 Å². The average Bonchev–Trinajstić information content (AvgIpc) is 2.84. The van der Waals surface area contributed by atoms with Gasteiger partial charge < -0.3 is 20.3 Å². The van der Waals surface area contributed by atoms with Crippen molar-refractivity contribution in [3.05, 3.63) is 12.4 Å². The number of unbranched alkanes of at least 4 members (excludes halogenated alkanes) is 2. The van der Waals surface area contributed by atoms with Crippen molar-refractivity contribution in [3.63, 3.8) is 0 Å². The molecule has 1 aliphatic rings. The Kier molecular flexibility index (Phi) is 9.50. The zero-order chi connectivity index (χ0) is 14.6. The smallest absolute Gasteiger partial charge is 0.0913 e. The second kappa shape index (κ2) is 11.0. The van der Waals surface area contributed by atoms with Gasteiger partial charge in [-0.05, 0) is 25.3 Å². The number of hydrogen-bond donors (Lipinski definition) is 2. The standard InChI is InChI=1S/C16H33N3O/c1-4-5-6-8-17-16(3)18-9-12-20-13-11-19-10-7-15(2)14-19/h15,17-18H,3-14H2,1-2H3. The van der Waals surface area contributed by atoms with Crippen LogP contribution in [-0.2, 0) is 4.74 Å². The lowest BCUT2D eigenvalue weighted by Gasteiger charge is -2.16. The van der Waals surface area contributed by atoms with Crippen molar-refractivity contribution in [1.29, 1.82) is 0 Å². The molecule has 1 rings (SSSR count). The van der Waals surface area contributed by atoms with Gasteiger partial charge in [-0.3, -0.25) is 0 Å². The number of likely N-dealkylation sites (tertiary alicyclic amines) is 1. The number of nitrogens with zero attached hydrogens (tertiary/aromatic N) is 1. The van der Waals surface area contributed by atoms with E-state index in [0.29, 0.717) is 0 Å². The number of ether oxygens (including phenoxy) is 1. The highest BCUT2D eigenvalue weighted by Crippen LogP contribution is 2.13. The molecule has 2 N–H and O–H groups in total. The highest BCUT2D eigenvalue weighted by atomic mass is 16.5. The summed E-state index contributed by atoms with van der Waals surface area (Å²) in [6.45, 7) is 15.5. The third-order valence-corrected chi connectivity index (χ3v) is 3.76. The Morgan fingerprint density at radius 3 is 2.75 bits per heavy atom. The lowest BCUT2D eigenvalue weighted by Crippen LogP contribution is -2.30. The highest BCUT2D eigenvalue weighted by molar-refractivity contribution is 4.87. The zero-order valence-electron chi connectivity index (χ0n) is 13.4. The Hall–Kier alpha value is -0.740. The maximum Gasteiger partial charge on any atom is 0.0913 e. The predicted molar refractivity (Wildman–Crippen MR) is 85.7 cm³/mol. The van der Waals surface area contributed by atoms with Gasteiger partial charge in [-0.15, -0.1) is 0 Å². The maximum atomic E-state index is 5.65. The molecule has 0 radical (unpaired) electrons. The first-order valence-electron chi connectivity index (χ1n) is 8.19. The van der Waals surface area contributed by atoms with Crippen LogP contribution in [0.3, 0.4) is 0 Å². The Bertz CT molecular complexity index is 258. The fourth-order valence-electron chi connectivity index (χ4n) is 2.48. The minimum atomic E-state index is 0.749. The molecule has 0 spiro atoms. The Labute approximate surface area is 124 Å². The Balaban J connectivity index is 1.83. The SMILES string of the molecule is C=C(NCCCCC)NCCOCCN1CCC(C)C1. The average molecular weight is 283 g/mol. The Morgan fingerprint density at radius 2 is 2.05 bits per heavy atom. The molecule has 0 saturated carbocycles. The third-order valence-electron chi connectivity index (χ3n) is 3.76. The van der Waals surface area contributed by atoms with E-state index >= 15 is 0 Å². The first-order valence-corrected chi connectivity index (χ1v) is 8.19. The molecule has 0 aromatic carbocycles. The summed E-state index contributed by atoms with van der Waals surface area (Å²) in [6.07, 6.45) is 5.08. The number of rotatable bonds is 12. The van der Waals surface area contributed by atoms with Crippen LogP contribution in [-0.4, -0.2) is 50.8 Å². The summed E-state index contributed by atoms with van der Waals surface area (Å²) in [5.41, 5.74) is 0. The van der Waals surface area contributed by atoms with Crippen LogP contribution in [0.1, 0.15) is 39.5 Å². The van der Waals surface area contributed by atoms with Gasteiger partial charge in [-0.2, -0.15) is 0 Å². The fraction of sp³-hybridized carbons (Fsp3) is 0.875. The van der Waals surface area contributed by atoms with E-state index in [9.17, 15) is 0 Å². The van der Waals surface area contributed by atoms with Crippen LogP contribution in [0.2, 0.25) is 0 Å². The van der Waals surface area contributed by atoms with Crippen molar-refractivity contribution in [2.24, 2.45) is 5.92 Å². The van der Waals surface area contributed by atoms with Crippen LogP contribution in [0.25, 0.3) is 0 Å². The topological polar surface area (TPSA) is 36.5 Å². The molecule has 1 saturated heterocycles. The molecule has 1 aliphatic heterocycles. The second-order valence-electron chi connectivity index (χ2n) is 5.85.